The topological polar surface area (TPSA) is 17.1 Å². The van der Waals surface area contributed by atoms with Crippen LogP contribution in [0.3, 0.4) is 0 Å². The lowest BCUT2D eigenvalue weighted by Crippen LogP contribution is -1.87. The molecule has 1 aromatic rings. The van der Waals surface area contributed by atoms with E-state index >= 15 is 0 Å². The molecule has 0 aliphatic heterocycles. The summed E-state index contributed by atoms with van der Waals surface area (Å²) in [6.45, 7) is 5.86. The van der Waals surface area contributed by atoms with Crippen LogP contribution in [-0.2, 0) is 11.2 Å². The highest BCUT2D eigenvalue weighted by Crippen LogP contribution is 2.09. The number of carbonyl (C=O) groups is 1. The van der Waals surface area contributed by atoms with Gasteiger partial charge in [0, 0.05) is 0 Å². The third-order valence-corrected chi connectivity index (χ3v) is 2.06. The largest absolute Gasteiger partial charge is 0.304 e. The Bertz CT molecular complexity index is 253. The Morgan fingerprint density at radius 2 is 1.86 bits per heavy atom. The molecule has 1 heteroatoms. The molecule has 0 amide bonds. The van der Waals surface area contributed by atoms with Gasteiger partial charge in [0.25, 0.3) is 0 Å². The van der Waals surface area contributed by atoms with Gasteiger partial charge in [0.2, 0.25) is 0 Å². The van der Waals surface area contributed by atoms with E-state index in [1.807, 2.05) is 0 Å². The number of aldehydes is 1. The van der Waals surface area contributed by atoms with E-state index in [-0.39, 0.29) is 0 Å². The third kappa shape index (κ3) is 5.52. The standard InChI is InChI=1S/C11H16.C2H4O/c1-3-4-8-11-9-6-5-7-10(11)2;1-2-3/h5-7,9H,3-4,8H2,1-2H3;2H,1H3. The van der Waals surface area contributed by atoms with Crippen LogP contribution in [0, 0.1) is 6.92 Å². The summed E-state index contributed by atoms with van der Waals surface area (Å²) in [5.74, 6) is 0. The zero-order valence-corrected chi connectivity index (χ0v) is 9.42. The molecule has 1 rings (SSSR count). The zero-order valence-electron chi connectivity index (χ0n) is 9.42. The van der Waals surface area contributed by atoms with Crippen LogP contribution in [0.25, 0.3) is 0 Å². The molecule has 14 heavy (non-hydrogen) atoms. The number of hydrogen-bond acceptors (Lipinski definition) is 1. The monoisotopic (exact) mass is 192 g/mol. The molecule has 0 N–H and O–H groups in total. The molecule has 0 aliphatic carbocycles. The predicted octanol–water partition coefficient (Wildman–Crippen LogP) is 3.54. The SMILES string of the molecule is CC=O.CCCCc1ccccc1C. The molecule has 78 valence electrons. The first-order chi connectivity index (χ1) is 6.76. The van der Waals surface area contributed by atoms with Gasteiger partial charge in [-0.3, -0.25) is 0 Å². The van der Waals surface area contributed by atoms with Crippen molar-refractivity contribution in [3.63, 3.8) is 0 Å². The highest BCUT2D eigenvalue weighted by molar-refractivity contribution is 5.44. The normalized spacial score (nSPS) is 8.79. The second kappa shape index (κ2) is 8.49. The summed E-state index contributed by atoms with van der Waals surface area (Å²) >= 11 is 0. The number of benzene rings is 1. The Kier molecular flexibility index (Phi) is 7.81. The minimum atomic E-state index is 0.750. The second-order valence-electron chi connectivity index (χ2n) is 3.27. The summed E-state index contributed by atoms with van der Waals surface area (Å²) in [6.07, 6.45) is 4.59. The van der Waals surface area contributed by atoms with Crippen LogP contribution in [0.1, 0.15) is 37.8 Å². The van der Waals surface area contributed by atoms with E-state index < -0.39 is 0 Å². The fraction of sp³-hybridized carbons (Fsp3) is 0.462. The zero-order chi connectivity index (χ0) is 10.8. The van der Waals surface area contributed by atoms with E-state index in [2.05, 4.69) is 38.1 Å². The van der Waals surface area contributed by atoms with Gasteiger partial charge in [0.15, 0.2) is 0 Å². The maximum Gasteiger partial charge on any atom is 0.116 e. The van der Waals surface area contributed by atoms with Crippen molar-refractivity contribution >= 4 is 6.29 Å². The molecule has 0 spiro atoms. The molecule has 0 unspecified atom stereocenters. The summed E-state index contributed by atoms with van der Waals surface area (Å²) in [5, 5.41) is 0. The van der Waals surface area contributed by atoms with Gasteiger partial charge in [-0.25, -0.2) is 0 Å². The van der Waals surface area contributed by atoms with E-state index in [0.29, 0.717) is 0 Å². The fourth-order valence-electron chi connectivity index (χ4n) is 1.26. The molecule has 1 nitrogen and oxygen atoms in total. The summed E-state index contributed by atoms with van der Waals surface area (Å²) in [5.41, 5.74) is 2.94. The molecule has 0 bridgehead atoms. The molecule has 0 radical (unpaired) electrons. The van der Waals surface area contributed by atoms with Crippen LogP contribution in [-0.4, -0.2) is 6.29 Å². The van der Waals surface area contributed by atoms with Crippen molar-refractivity contribution < 1.29 is 4.79 Å². The number of aryl methyl sites for hydroxylation is 2. The fourth-order valence-corrected chi connectivity index (χ4v) is 1.26. The van der Waals surface area contributed by atoms with Crippen molar-refractivity contribution in [3.05, 3.63) is 35.4 Å². The smallest absolute Gasteiger partial charge is 0.116 e. The first-order valence-electron chi connectivity index (χ1n) is 5.20. The predicted molar refractivity (Wildman–Crippen MR) is 61.5 cm³/mol. The molecule has 0 heterocycles. The van der Waals surface area contributed by atoms with E-state index in [9.17, 15) is 0 Å². The Balaban J connectivity index is 0.000000500. The number of carbonyl (C=O) groups excluding carboxylic acids is 1. The molecule has 0 atom stereocenters. The first-order valence-corrected chi connectivity index (χ1v) is 5.20. The molecule has 0 fully saturated rings. The highest BCUT2D eigenvalue weighted by atomic mass is 16.1. The Morgan fingerprint density at radius 3 is 2.36 bits per heavy atom. The quantitative estimate of drug-likeness (QED) is 0.669. The minimum Gasteiger partial charge on any atom is -0.304 e. The number of unbranched alkanes of at least 4 members (excludes halogenated alkanes) is 1. The van der Waals surface area contributed by atoms with Crippen LogP contribution in [0.4, 0.5) is 0 Å². The summed E-state index contributed by atoms with van der Waals surface area (Å²) in [7, 11) is 0. The lowest BCUT2D eigenvalue weighted by molar-refractivity contribution is -0.106. The van der Waals surface area contributed by atoms with Crippen molar-refractivity contribution in [1.82, 2.24) is 0 Å². The lowest BCUT2D eigenvalue weighted by Gasteiger charge is -2.02. The van der Waals surface area contributed by atoms with E-state index in [0.717, 1.165) is 6.29 Å². The van der Waals surface area contributed by atoms with Gasteiger partial charge in [0.05, 0.1) is 0 Å². The molecule has 0 aromatic heterocycles. The minimum absolute atomic E-state index is 0.750. The van der Waals surface area contributed by atoms with Crippen molar-refractivity contribution in [2.45, 2.75) is 40.0 Å². The van der Waals surface area contributed by atoms with Gasteiger partial charge in [-0.2, -0.15) is 0 Å². The van der Waals surface area contributed by atoms with Gasteiger partial charge in [-0.05, 0) is 37.8 Å². The van der Waals surface area contributed by atoms with Crippen molar-refractivity contribution in [1.29, 1.82) is 0 Å². The second-order valence-corrected chi connectivity index (χ2v) is 3.27. The van der Waals surface area contributed by atoms with E-state index in [1.165, 1.54) is 37.3 Å². The maximum atomic E-state index is 8.81. The molecule has 0 aliphatic rings. The van der Waals surface area contributed by atoms with Crippen LogP contribution in [0.2, 0.25) is 0 Å². The number of rotatable bonds is 3. The average Bonchev–Trinajstić information content (AvgIpc) is 2.18. The van der Waals surface area contributed by atoms with Gasteiger partial charge in [0.1, 0.15) is 6.29 Å². The first kappa shape index (κ1) is 12.9. The van der Waals surface area contributed by atoms with Gasteiger partial charge < -0.3 is 4.79 Å². The van der Waals surface area contributed by atoms with Crippen LogP contribution >= 0.6 is 0 Å². The Hall–Kier alpha value is -1.11. The molecular weight excluding hydrogens is 172 g/mol. The van der Waals surface area contributed by atoms with Crippen LogP contribution in [0.5, 0.6) is 0 Å². The third-order valence-electron chi connectivity index (χ3n) is 2.06. The van der Waals surface area contributed by atoms with Gasteiger partial charge in [-0.1, -0.05) is 37.6 Å². The van der Waals surface area contributed by atoms with Crippen molar-refractivity contribution in [2.75, 3.05) is 0 Å². The Labute approximate surface area is 87.2 Å². The lowest BCUT2D eigenvalue weighted by atomic mass is 10.0. The summed E-state index contributed by atoms with van der Waals surface area (Å²) in [6, 6.07) is 8.64. The van der Waals surface area contributed by atoms with Gasteiger partial charge in [-0.15, -0.1) is 0 Å². The van der Waals surface area contributed by atoms with Crippen molar-refractivity contribution in [3.8, 4) is 0 Å². The Morgan fingerprint density at radius 1 is 1.29 bits per heavy atom. The number of hydrogen-bond donors (Lipinski definition) is 0. The van der Waals surface area contributed by atoms with E-state index in [4.69, 9.17) is 4.79 Å². The maximum absolute atomic E-state index is 8.81. The summed E-state index contributed by atoms with van der Waals surface area (Å²) < 4.78 is 0. The molecular formula is C13H20O. The van der Waals surface area contributed by atoms with Crippen molar-refractivity contribution in [2.24, 2.45) is 0 Å². The average molecular weight is 192 g/mol. The van der Waals surface area contributed by atoms with Crippen LogP contribution in [0.15, 0.2) is 24.3 Å². The summed E-state index contributed by atoms with van der Waals surface area (Å²) in [4.78, 5) is 8.81. The molecule has 0 saturated carbocycles. The molecule has 0 saturated heterocycles. The van der Waals surface area contributed by atoms with Crippen LogP contribution < -0.4 is 0 Å². The highest BCUT2D eigenvalue weighted by Gasteiger charge is 1.94. The van der Waals surface area contributed by atoms with E-state index in [1.54, 1.807) is 0 Å². The molecule has 1 aromatic carbocycles. The van der Waals surface area contributed by atoms with Gasteiger partial charge >= 0.3 is 0 Å².